The summed E-state index contributed by atoms with van der Waals surface area (Å²) in [7, 11) is 4.66. The van der Waals surface area contributed by atoms with Gasteiger partial charge in [-0.3, -0.25) is 4.98 Å². The monoisotopic (exact) mass is 417 g/mol. The van der Waals surface area contributed by atoms with Gasteiger partial charge in [0.2, 0.25) is 0 Å². The molecule has 0 bridgehead atoms. The van der Waals surface area contributed by atoms with Crippen LogP contribution in [0.2, 0.25) is 0 Å². The van der Waals surface area contributed by atoms with Crippen molar-refractivity contribution < 1.29 is 23.7 Å². The molecular weight excluding hydrogens is 394 g/mol. The Morgan fingerprint density at radius 3 is 1.87 bits per heavy atom. The number of hydrogen-bond donors (Lipinski definition) is 0. The summed E-state index contributed by atoms with van der Waals surface area (Å²) in [5, 5.41) is 0. The van der Waals surface area contributed by atoms with Crippen LogP contribution in [-0.4, -0.2) is 32.3 Å². The van der Waals surface area contributed by atoms with Crippen molar-refractivity contribution in [3.63, 3.8) is 0 Å². The number of benzene rings is 2. The van der Waals surface area contributed by atoms with E-state index < -0.39 is 5.97 Å². The first-order valence-electron chi connectivity index (χ1n) is 9.51. The van der Waals surface area contributed by atoms with Crippen LogP contribution in [0.15, 0.2) is 67.0 Å². The summed E-state index contributed by atoms with van der Waals surface area (Å²) in [6.45, 7) is 0. The Hall–Kier alpha value is -4.06. The highest BCUT2D eigenvalue weighted by Crippen LogP contribution is 2.30. The lowest BCUT2D eigenvalue weighted by atomic mass is 10.1. The van der Waals surface area contributed by atoms with Crippen LogP contribution >= 0.6 is 0 Å². The lowest BCUT2D eigenvalue weighted by Gasteiger charge is -2.09. The first-order valence-corrected chi connectivity index (χ1v) is 9.51. The molecule has 0 aliphatic carbocycles. The quantitative estimate of drug-likeness (QED) is 0.295. The molecule has 31 heavy (non-hydrogen) atoms. The third kappa shape index (κ3) is 5.96. The van der Waals surface area contributed by atoms with Gasteiger partial charge in [0.05, 0.1) is 21.3 Å². The van der Waals surface area contributed by atoms with Crippen LogP contribution in [0.4, 0.5) is 0 Å². The number of carbonyl (C=O) groups is 1. The average molecular weight is 417 g/mol. The fourth-order valence-electron chi connectivity index (χ4n) is 2.80. The fraction of sp³-hybridized carbons (Fsp3) is 0.120. The lowest BCUT2D eigenvalue weighted by Crippen LogP contribution is -2.05. The van der Waals surface area contributed by atoms with Gasteiger partial charge in [0.25, 0.3) is 0 Å². The van der Waals surface area contributed by atoms with Gasteiger partial charge >= 0.3 is 5.97 Å². The summed E-state index contributed by atoms with van der Waals surface area (Å²) >= 11 is 0. The van der Waals surface area contributed by atoms with Crippen LogP contribution < -0.4 is 18.9 Å². The number of pyridine rings is 1. The number of carbonyl (C=O) groups excluding carboxylic acids is 1. The van der Waals surface area contributed by atoms with E-state index in [0.717, 1.165) is 16.7 Å². The molecule has 0 amide bonds. The lowest BCUT2D eigenvalue weighted by molar-refractivity contribution is -0.129. The molecule has 3 aromatic rings. The largest absolute Gasteiger partial charge is 0.493 e. The van der Waals surface area contributed by atoms with Gasteiger partial charge in [-0.05, 0) is 59.2 Å². The molecule has 0 fully saturated rings. The maximum atomic E-state index is 12.3. The van der Waals surface area contributed by atoms with Gasteiger partial charge in [-0.25, -0.2) is 4.79 Å². The van der Waals surface area contributed by atoms with Crippen LogP contribution in [0.25, 0.3) is 18.2 Å². The summed E-state index contributed by atoms with van der Waals surface area (Å²) in [6, 6.07) is 14.5. The van der Waals surface area contributed by atoms with E-state index >= 15 is 0 Å². The van der Waals surface area contributed by atoms with Gasteiger partial charge in [-0.1, -0.05) is 24.3 Å². The van der Waals surface area contributed by atoms with Crippen LogP contribution in [0.3, 0.4) is 0 Å². The van der Waals surface area contributed by atoms with E-state index in [4.69, 9.17) is 18.9 Å². The zero-order chi connectivity index (χ0) is 22.1. The number of ether oxygens (including phenoxy) is 4. The Balaban J connectivity index is 1.69. The van der Waals surface area contributed by atoms with Gasteiger partial charge in [0.15, 0.2) is 23.0 Å². The van der Waals surface area contributed by atoms with E-state index in [1.807, 2.05) is 36.4 Å². The minimum Gasteiger partial charge on any atom is -0.493 e. The summed E-state index contributed by atoms with van der Waals surface area (Å²) in [5.74, 6) is 1.48. The predicted octanol–water partition coefficient (Wildman–Crippen LogP) is 4.90. The smallest absolute Gasteiger partial charge is 0.336 e. The molecule has 6 heteroatoms. The van der Waals surface area contributed by atoms with Crippen molar-refractivity contribution in [2.75, 3.05) is 21.3 Å². The molecule has 1 aromatic heterocycles. The van der Waals surface area contributed by atoms with Crippen LogP contribution in [0.1, 0.15) is 16.7 Å². The Bertz CT molecular complexity index is 1090. The topological polar surface area (TPSA) is 66.9 Å². The maximum Gasteiger partial charge on any atom is 0.336 e. The fourth-order valence-corrected chi connectivity index (χ4v) is 2.80. The van der Waals surface area contributed by atoms with E-state index in [2.05, 4.69) is 4.98 Å². The van der Waals surface area contributed by atoms with Crippen LogP contribution in [0, 0.1) is 0 Å². The van der Waals surface area contributed by atoms with E-state index in [1.54, 1.807) is 57.0 Å². The number of rotatable bonds is 8. The first kappa shape index (κ1) is 21.6. The van der Waals surface area contributed by atoms with Crippen molar-refractivity contribution >= 4 is 24.2 Å². The summed E-state index contributed by atoms with van der Waals surface area (Å²) in [5.41, 5.74) is 2.72. The minimum atomic E-state index is -0.520. The number of methoxy groups -OCH3 is 3. The molecule has 2 aromatic carbocycles. The van der Waals surface area contributed by atoms with Gasteiger partial charge in [0.1, 0.15) is 0 Å². The number of aromatic nitrogens is 1. The third-order valence-electron chi connectivity index (χ3n) is 4.39. The summed E-state index contributed by atoms with van der Waals surface area (Å²) in [6.07, 6.45) is 10.4. The number of nitrogens with zero attached hydrogens (tertiary/aromatic N) is 1. The second kappa shape index (κ2) is 10.6. The van der Waals surface area contributed by atoms with Crippen molar-refractivity contribution in [1.29, 1.82) is 0 Å². The predicted molar refractivity (Wildman–Crippen MR) is 120 cm³/mol. The molecule has 3 rings (SSSR count). The molecular formula is C25H23NO5. The van der Waals surface area contributed by atoms with Crippen LogP contribution in [0.5, 0.6) is 23.0 Å². The van der Waals surface area contributed by atoms with E-state index in [0.29, 0.717) is 23.0 Å². The highest BCUT2D eigenvalue weighted by molar-refractivity contribution is 5.89. The highest BCUT2D eigenvalue weighted by atomic mass is 16.6. The SMILES string of the molecule is COc1ccc(/C=C/C(=O)Oc2ccc(/C=C/c3ccncc3)cc2OC)cc1OC. The average Bonchev–Trinajstić information content (AvgIpc) is 2.82. The second-order valence-corrected chi connectivity index (χ2v) is 6.39. The normalized spacial score (nSPS) is 10.9. The number of esters is 1. The van der Waals surface area contributed by atoms with Crippen LogP contribution in [-0.2, 0) is 4.79 Å². The zero-order valence-electron chi connectivity index (χ0n) is 17.6. The molecule has 0 saturated heterocycles. The standard InChI is InChI=1S/C25H23NO5/c1-28-21-9-6-20(16-23(21)29-2)8-11-25(27)31-22-10-7-19(17-24(22)30-3)5-4-18-12-14-26-15-13-18/h4-17H,1-3H3/b5-4+,11-8+. The van der Waals surface area contributed by atoms with Gasteiger partial charge < -0.3 is 18.9 Å². The molecule has 0 spiro atoms. The van der Waals surface area contributed by atoms with Crippen molar-refractivity contribution in [1.82, 2.24) is 4.98 Å². The van der Waals surface area contributed by atoms with E-state index in [1.165, 1.54) is 13.2 Å². The molecule has 0 aliphatic rings. The molecule has 0 aliphatic heterocycles. The molecule has 0 saturated carbocycles. The van der Waals surface area contributed by atoms with Crippen molar-refractivity contribution in [2.45, 2.75) is 0 Å². The number of hydrogen-bond acceptors (Lipinski definition) is 6. The highest BCUT2D eigenvalue weighted by Gasteiger charge is 2.09. The van der Waals surface area contributed by atoms with E-state index in [9.17, 15) is 4.79 Å². The van der Waals surface area contributed by atoms with Gasteiger partial charge in [-0.15, -0.1) is 0 Å². The maximum absolute atomic E-state index is 12.3. The summed E-state index contributed by atoms with van der Waals surface area (Å²) < 4.78 is 21.3. The molecule has 0 atom stereocenters. The molecule has 0 unspecified atom stereocenters. The second-order valence-electron chi connectivity index (χ2n) is 6.39. The van der Waals surface area contributed by atoms with E-state index in [-0.39, 0.29) is 0 Å². The molecule has 158 valence electrons. The zero-order valence-corrected chi connectivity index (χ0v) is 17.6. The van der Waals surface area contributed by atoms with Gasteiger partial charge in [0, 0.05) is 18.5 Å². The Kier molecular flexibility index (Phi) is 7.43. The van der Waals surface area contributed by atoms with Crippen molar-refractivity contribution in [2.24, 2.45) is 0 Å². The molecule has 1 heterocycles. The molecule has 6 nitrogen and oxygen atoms in total. The minimum absolute atomic E-state index is 0.338. The van der Waals surface area contributed by atoms with Crippen molar-refractivity contribution in [3.05, 3.63) is 83.7 Å². The third-order valence-corrected chi connectivity index (χ3v) is 4.39. The summed E-state index contributed by atoms with van der Waals surface area (Å²) in [4.78, 5) is 16.3. The molecule has 0 N–H and O–H groups in total. The first-order chi connectivity index (χ1) is 15.1. The van der Waals surface area contributed by atoms with Crippen molar-refractivity contribution in [3.8, 4) is 23.0 Å². The molecule has 0 radical (unpaired) electrons. The Labute approximate surface area is 181 Å². The van der Waals surface area contributed by atoms with Gasteiger partial charge in [-0.2, -0.15) is 0 Å². The Morgan fingerprint density at radius 1 is 0.677 bits per heavy atom. The Morgan fingerprint density at radius 2 is 1.23 bits per heavy atom.